The van der Waals surface area contributed by atoms with E-state index in [2.05, 4.69) is 16.7 Å². The zero-order chi connectivity index (χ0) is 19.9. The fraction of sp³-hybridized carbons (Fsp3) is 0.571. The van der Waals surface area contributed by atoms with Crippen LogP contribution in [0.1, 0.15) is 20.3 Å². The molecular formula is C21H31N2O4+. The lowest BCUT2D eigenvalue weighted by Gasteiger charge is -2.50. The van der Waals surface area contributed by atoms with Crippen molar-refractivity contribution in [3.8, 4) is 11.8 Å². The predicted octanol–water partition coefficient (Wildman–Crippen LogP) is 0.781. The van der Waals surface area contributed by atoms with Gasteiger partial charge in [0.25, 0.3) is 0 Å². The Morgan fingerprint density at radius 2 is 1.89 bits per heavy atom. The van der Waals surface area contributed by atoms with E-state index >= 15 is 0 Å². The van der Waals surface area contributed by atoms with Crippen molar-refractivity contribution in [1.82, 2.24) is 4.90 Å². The van der Waals surface area contributed by atoms with Gasteiger partial charge in [-0.3, -0.25) is 9.69 Å². The topological polar surface area (TPSA) is 81.0 Å². The Bertz CT molecular complexity index is 660. The van der Waals surface area contributed by atoms with Gasteiger partial charge in [-0.2, -0.15) is 0 Å². The molecule has 27 heavy (non-hydrogen) atoms. The van der Waals surface area contributed by atoms with Crippen molar-refractivity contribution < 1.29 is 24.6 Å². The largest absolute Gasteiger partial charge is 0.509 e. The second-order valence-electron chi connectivity index (χ2n) is 7.54. The van der Waals surface area contributed by atoms with Gasteiger partial charge in [0.1, 0.15) is 24.0 Å². The second-order valence-corrected chi connectivity index (χ2v) is 7.54. The monoisotopic (exact) mass is 375 g/mol. The van der Waals surface area contributed by atoms with Gasteiger partial charge in [-0.15, -0.1) is 0 Å². The SMILES string of the molecule is C/C=C/C=C/C(=O)C#CC[C@@H](O)[C@@](C)(O)/C(O)=C/C[N+]12CCN(CC1)CC2. The fourth-order valence-electron chi connectivity index (χ4n) is 3.39. The van der Waals surface area contributed by atoms with Crippen LogP contribution in [0.3, 0.4) is 0 Å². The number of hydrogen-bond donors (Lipinski definition) is 3. The van der Waals surface area contributed by atoms with E-state index in [1.807, 2.05) is 6.92 Å². The van der Waals surface area contributed by atoms with E-state index < -0.39 is 11.7 Å². The smallest absolute Gasteiger partial charge is 0.228 e. The molecule has 3 fully saturated rings. The van der Waals surface area contributed by atoms with E-state index in [1.54, 1.807) is 24.3 Å². The molecular weight excluding hydrogens is 344 g/mol. The van der Waals surface area contributed by atoms with Crippen molar-refractivity contribution in [1.29, 1.82) is 0 Å². The van der Waals surface area contributed by atoms with Crippen LogP contribution in [0.2, 0.25) is 0 Å². The van der Waals surface area contributed by atoms with E-state index in [0.717, 1.165) is 43.8 Å². The molecule has 0 radical (unpaired) electrons. The van der Waals surface area contributed by atoms with E-state index in [9.17, 15) is 20.1 Å². The van der Waals surface area contributed by atoms with Crippen molar-refractivity contribution in [3.05, 3.63) is 36.1 Å². The minimum atomic E-state index is -1.80. The Morgan fingerprint density at radius 3 is 2.48 bits per heavy atom. The first kappa shape index (κ1) is 21.4. The summed E-state index contributed by atoms with van der Waals surface area (Å²) in [6.45, 7) is 10.2. The van der Waals surface area contributed by atoms with Gasteiger partial charge in [0, 0.05) is 32.1 Å². The molecule has 0 spiro atoms. The molecule has 0 aliphatic carbocycles. The summed E-state index contributed by atoms with van der Waals surface area (Å²) in [5.74, 6) is 4.35. The summed E-state index contributed by atoms with van der Waals surface area (Å²) in [4.78, 5) is 14.0. The van der Waals surface area contributed by atoms with E-state index in [4.69, 9.17) is 0 Å². The Hall–Kier alpha value is -1.91. The molecule has 3 aliphatic rings. The van der Waals surface area contributed by atoms with E-state index in [-0.39, 0.29) is 18.0 Å². The number of piperazine rings is 3. The number of allylic oxidation sites excluding steroid dienone is 4. The predicted molar refractivity (Wildman–Crippen MR) is 105 cm³/mol. The molecule has 3 saturated heterocycles. The Kier molecular flexibility index (Phi) is 7.40. The zero-order valence-electron chi connectivity index (χ0n) is 16.3. The van der Waals surface area contributed by atoms with Crippen molar-refractivity contribution in [2.24, 2.45) is 0 Å². The van der Waals surface area contributed by atoms with Crippen LogP contribution in [0.5, 0.6) is 0 Å². The van der Waals surface area contributed by atoms with Crippen LogP contribution in [0.15, 0.2) is 36.1 Å². The first-order valence-electron chi connectivity index (χ1n) is 9.49. The lowest BCUT2D eigenvalue weighted by molar-refractivity contribution is -0.935. The van der Waals surface area contributed by atoms with Crippen molar-refractivity contribution >= 4 is 5.78 Å². The van der Waals surface area contributed by atoms with Crippen LogP contribution >= 0.6 is 0 Å². The van der Waals surface area contributed by atoms with Gasteiger partial charge in [0.2, 0.25) is 5.78 Å². The molecule has 2 bridgehead atoms. The van der Waals surface area contributed by atoms with Crippen LogP contribution in [0.4, 0.5) is 0 Å². The maximum atomic E-state index is 11.5. The molecule has 0 aromatic heterocycles. The van der Waals surface area contributed by atoms with Crippen LogP contribution in [0, 0.1) is 11.8 Å². The number of fused-ring (bicyclic) bond motifs is 3. The van der Waals surface area contributed by atoms with Gasteiger partial charge in [0.15, 0.2) is 0 Å². The molecule has 3 rings (SSSR count). The first-order valence-corrected chi connectivity index (χ1v) is 9.49. The van der Waals surface area contributed by atoms with Crippen LogP contribution in [0.25, 0.3) is 0 Å². The molecule has 2 atom stereocenters. The highest BCUT2D eigenvalue weighted by Crippen LogP contribution is 2.24. The Labute approximate surface area is 161 Å². The maximum Gasteiger partial charge on any atom is 0.228 e. The number of carbonyl (C=O) groups is 1. The number of hydrogen-bond acceptors (Lipinski definition) is 5. The molecule has 6 heteroatoms. The second kappa shape index (κ2) is 9.34. The minimum absolute atomic E-state index is 0.108. The first-order chi connectivity index (χ1) is 12.8. The average Bonchev–Trinajstić information content (AvgIpc) is 2.67. The highest BCUT2D eigenvalue weighted by atomic mass is 16.4. The summed E-state index contributed by atoms with van der Waals surface area (Å²) < 4.78 is 0.916. The van der Waals surface area contributed by atoms with Crippen LogP contribution < -0.4 is 0 Å². The molecule has 148 valence electrons. The summed E-state index contributed by atoms with van der Waals surface area (Å²) in [7, 11) is 0. The summed E-state index contributed by atoms with van der Waals surface area (Å²) in [6.07, 6.45) is 6.67. The number of quaternary nitrogens is 1. The quantitative estimate of drug-likeness (QED) is 0.153. The highest BCUT2D eigenvalue weighted by molar-refractivity contribution is 6.04. The molecule has 3 N–H and O–H groups in total. The van der Waals surface area contributed by atoms with Gasteiger partial charge in [0.05, 0.1) is 19.6 Å². The lowest BCUT2D eigenvalue weighted by atomic mass is 9.93. The van der Waals surface area contributed by atoms with Gasteiger partial charge in [-0.05, 0) is 25.8 Å². The zero-order valence-corrected chi connectivity index (χ0v) is 16.3. The summed E-state index contributed by atoms with van der Waals surface area (Å²) in [5, 5.41) is 31.1. The Morgan fingerprint density at radius 1 is 1.26 bits per heavy atom. The summed E-state index contributed by atoms with van der Waals surface area (Å²) in [5.41, 5.74) is -1.80. The van der Waals surface area contributed by atoms with E-state index in [0.29, 0.717) is 6.54 Å². The van der Waals surface area contributed by atoms with Gasteiger partial charge >= 0.3 is 0 Å². The molecule has 0 aromatic rings. The maximum absolute atomic E-state index is 11.5. The molecule has 3 aliphatic heterocycles. The average molecular weight is 375 g/mol. The fourth-order valence-corrected chi connectivity index (χ4v) is 3.39. The number of aliphatic hydroxyl groups excluding tert-OH is 2. The molecule has 3 heterocycles. The normalized spacial score (nSPS) is 28.7. The van der Waals surface area contributed by atoms with Crippen molar-refractivity contribution in [2.75, 3.05) is 45.8 Å². The molecule has 0 aromatic carbocycles. The van der Waals surface area contributed by atoms with Gasteiger partial charge < -0.3 is 19.8 Å². The third-order valence-electron chi connectivity index (χ3n) is 5.57. The third-order valence-corrected chi connectivity index (χ3v) is 5.57. The molecule has 0 amide bonds. The van der Waals surface area contributed by atoms with Crippen LogP contribution in [-0.2, 0) is 4.79 Å². The van der Waals surface area contributed by atoms with E-state index in [1.165, 1.54) is 13.0 Å². The number of rotatable bonds is 7. The van der Waals surface area contributed by atoms with Crippen LogP contribution in [-0.4, -0.2) is 88.0 Å². The molecule has 0 saturated carbocycles. The Balaban J connectivity index is 1.92. The van der Waals surface area contributed by atoms with Gasteiger partial charge in [-0.1, -0.05) is 24.1 Å². The molecule has 6 nitrogen and oxygen atoms in total. The number of aliphatic hydroxyl groups is 3. The summed E-state index contributed by atoms with van der Waals surface area (Å²) >= 11 is 0. The third kappa shape index (κ3) is 5.78. The highest BCUT2D eigenvalue weighted by Gasteiger charge is 2.39. The number of carbonyl (C=O) groups excluding carboxylic acids is 1. The minimum Gasteiger partial charge on any atom is -0.509 e. The van der Waals surface area contributed by atoms with Crippen molar-refractivity contribution in [2.45, 2.75) is 32.0 Å². The van der Waals surface area contributed by atoms with Gasteiger partial charge in [-0.25, -0.2) is 0 Å². The molecule has 0 unspecified atom stereocenters. The number of nitrogens with zero attached hydrogens (tertiary/aromatic N) is 2. The lowest BCUT2D eigenvalue weighted by Crippen LogP contribution is -2.67. The summed E-state index contributed by atoms with van der Waals surface area (Å²) in [6, 6.07) is 0. The number of ketones is 1. The standard InChI is InChI=1S/C21H30N2O4/c1-3-4-5-7-18(24)8-6-9-19(25)21(2,27)20(26)10-14-23-15-11-22(12-16-23)13-17-23/h3-5,7,10,19,25,27H,9,11-17H2,1-2H3/p+1/b4-3+,7-5+,20-10-/t19-,21-/m1/s1. The van der Waals surface area contributed by atoms with Crippen molar-refractivity contribution in [3.63, 3.8) is 0 Å².